The zero-order valence-corrected chi connectivity index (χ0v) is 65.4. The quantitative estimate of drug-likeness (QED) is 0.0386. The number of rotatable bonds is 48. The van der Waals surface area contributed by atoms with Crippen LogP contribution in [0, 0.1) is 20.8 Å². The van der Waals surface area contributed by atoms with Gasteiger partial charge in [-0.15, -0.1) is 0 Å². The van der Waals surface area contributed by atoms with Crippen molar-refractivity contribution in [2.24, 2.45) is 0 Å². The van der Waals surface area contributed by atoms with E-state index >= 15 is 0 Å². The van der Waals surface area contributed by atoms with E-state index in [1.54, 1.807) is 0 Å². The van der Waals surface area contributed by atoms with E-state index in [0.717, 1.165) is 130 Å². The molecular weight excluding hydrogens is 1130 g/mol. The molecule has 0 aliphatic heterocycles. The number of hydrogen-bond acceptors (Lipinski definition) is 3. The SMILES string of the molecule is CCCCCCCC(C)(C)c1cc(Cc2c(C)c(Cc3cc(C(C)(C)CCCCCCC)c(O)c(C(C)(C)CCCCCCC)c3)c(C)c(Cc3cc(C(C)(C)CCCCCCC)c(O)c(C(C)(C)CCCCCCC)c3)c2C)cc(C(C)(C)CCCCCCC)c1O. The van der Waals surface area contributed by atoms with Crippen molar-refractivity contribution >= 4 is 0 Å². The van der Waals surface area contributed by atoms with Crippen LogP contribution >= 0.6 is 0 Å². The van der Waals surface area contributed by atoms with Crippen LogP contribution in [0.5, 0.6) is 17.2 Å². The molecule has 0 saturated heterocycles. The predicted octanol–water partition coefficient (Wildman–Crippen LogP) is 28.3. The number of hydrogen-bond donors (Lipinski definition) is 3. The fraction of sp³-hybridized carbons (Fsp3) is 0.733. The highest BCUT2D eigenvalue weighted by Gasteiger charge is 2.36. The Kier molecular flexibility index (Phi) is 34.3. The van der Waals surface area contributed by atoms with Gasteiger partial charge in [0.25, 0.3) is 0 Å². The average molecular weight is 1280 g/mol. The van der Waals surface area contributed by atoms with Crippen molar-refractivity contribution < 1.29 is 15.3 Å². The molecule has 0 unspecified atom stereocenters. The average Bonchev–Trinajstić information content (AvgIpc) is 0.780. The maximum absolute atomic E-state index is 12.8. The zero-order valence-electron chi connectivity index (χ0n) is 65.4. The first-order valence-electron chi connectivity index (χ1n) is 39.6. The summed E-state index contributed by atoms with van der Waals surface area (Å²) >= 11 is 0. The minimum absolute atomic E-state index is 0.201. The minimum Gasteiger partial charge on any atom is -0.507 e. The van der Waals surface area contributed by atoms with E-state index in [1.807, 2.05) is 0 Å². The molecule has 93 heavy (non-hydrogen) atoms. The van der Waals surface area contributed by atoms with Crippen LogP contribution in [0.3, 0.4) is 0 Å². The van der Waals surface area contributed by atoms with Crippen molar-refractivity contribution in [3.63, 3.8) is 0 Å². The van der Waals surface area contributed by atoms with E-state index in [2.05, 4.69) is 182 Å². The third-order valence-corrected chi connectivity index (χ3v) is 23.2. The number of benzene rings is 4. The first-order chi connectivity index (χ1) is 43.9. The lowest BCUT2D eigenvalue weighted by Crippen LogP contribution is -2.23. The smallest absolute Gasteiger partial charge is 0.123 e. The van der Waals surface area contributed by atoms with Gasteiger partial charge in [-0.05, 0) is 161 Å². The summed E-state index contributed by atoms with van der Waals surface area (Å²) < 4.78 is 0. The Hall–Kier alpha value is -3.72. The molecule has 0 atom stereocenters. The normalized spacial score (nSPS) is 12.9. The van der Waals surface area contributed by atoms with Gasteiger partial charge in [-0.1, -0.05) is 354 Å². The van der Waals surface area contributed by atoms with Gasteiger partial charge in [0.05, 0.1) is 0 Å². The van der Waals surface area contributed by atoms with Crippen LogP contribution < -0.4 is 0 Å². The van der Waals surface area contributed by atoms with Crippen LogP contribution in [0.15, 0.2) is 36.4 Å². The van der Waals surface area contributed by atoms with Gasteiger partial charge in [0.15, 0.2) is 0 Å². The molecule has 528 valence electrons. The van der Waals surface area contributed by atoms with Crippen molar-refractivity contribution in [3.8, 4) is 17.2 Å². The summed E-state index contributed by atoms with van der Waals surface area (Å²) in [6, 6.07) is 14.6. The molecule has 0 amide bonds. The highest BCUT2D eigenvalue weighted by Crippen LogP contribution is 2.49. The Morgan fingerprint density at radius 3 is 0.505 bits per heavy atom. The molecule has 4 aromatic carbocycles. The number of phenols is 3. The van der Waals surface area contributed by atoms with Crippen molar-refractivity contribution in [1.82, 2.24) is 0 Å². The number of unbranched alkanes of at least 4 members (excludes halogenated alkanes) is 24. The standard InChI is InChI=1S/C90H150O3/c1-22-28-34-40-46-52-85(10,11)76-61-70(62-77(82(76)91)86(12,13)53-47-41-35-29-23-2)58-73-67(7)74(59-71-63-78(87(14,15)54-48-42-36-30-24-3)83(92)79(64-71)88(16,17)55-49-43-37-31-25-4)69(9)75(68(73)8)60-72-65-80(89(18,19)56-50-44-38-32-26-5)84(93)81(66-72)90(20,21)57-51-45-39-33-27-6/h61-66,91-93H,22-60H2,1-21H3. The van der Waals surface area contributed by atoms with E-state index in [4.69, 9.17) is 0 Å². The molecule has 0 spiro atoms. The molecule has 3 N–H and O–H groups in total. The summed E-state index contributed by atoms with van der Waals surface area (Å²) in [7, 11) is 0. The molecule has 0 aliphatic rings. The van der Waals surface area contributed by atoms with E-state index in [-0.39, 0.29) is 32.5 Å². The summed E-state index contributed by atoms with van der Waals surface area (Å²) in [5, 5.41) is 38.5. The Balaban J connectivity index is 2.16. The Bertz CT molecular complexity index is 2360. The first-order valence-corrected chi connectivity index (χ1v) is 39.6. The van der Waals surface area contributed by atoms with E-state index in [0.29, 0.717) is 17.2 Å². The lowest BCUT2D eigenvalue weighted by molar-refractivity contribution is 0.377. The molecule has 0 aliphatic carbocycles. The molecule has 3 heteroatoms. The summed E-state index contributed by atoms with van der Waals surface area (Å²) in [6.07, 6.45) is 45.7. The van der Waals surface area contributed by atoms with Crippen LogP contribution in [0.1, 0.15) is 439 Å². The second-order valence-corrected chi connectivity index (χ2v) is 34.2. The number of phenolic OH excluding ortho intramolecular Hbond substituents is 3. The Labute approximate surface area is 577 Å². The van der Waals surface area contributed by atoms with Crippen molar-refractivity contribution in [3.05, 3.63) is 120 Å². The molecule has 0 bridgehead atoms. The van der Waals surface area contributed by atoms with E-state index in [1.165, 1.54) is 204 Å². The molecule has 0 heterocycles. The Morgan fingerprint density at radius 1 is 0.226 bits per heavy atom. The second-order valence-electron chi connectivity index (χ2n) is 34.2. The van der Waals surface area contributed by atoms with Crippen LogP contribution in [0.2, 0.25) is 0 Å². The van der Waals surface area contributed by atoms with Gasteiger partial charge >= 0.3 is 0 Å². The van der Waals surface area contributed by atoms with Crippen molar-refractivity contribution in [2.45, 2.75) is 428 Å². The summed E-state index contributed by atoms with van der Waals surface area (Å²) in [5.41, 5.74) is 17.7. The van der Waals surface area contributed by atoms with Gasteiger partial charge in [0.2, 0.25) is 0 Å². The van der Waals surface area contributed by atoms with Crippen molar-refractivity contribution in [2.75, 3.05) is 0 Å². The predicted molar refractivity (Wildman–Crippen MR) is 412 cm³/mol. The third kappa shape index (κ3) is 24.4. The largest absolute Gasteiger partial charge is 0.507 e. The van der Waals surface area contributed by atoms with Gasteiger partial charge in [-0.3, -0.25) is 0 Å². The molecular formula is C90H150O3. The topological polar surface area (TPSA) is 60.7 Å². The fourth-order valence-corrected chi connectivity index (χ4v) is 16.1. The van der Waals surface area contributed by atoms with Crippen LogP contribution in [-0.2, 0) is 51.8 Å². The molecule has 0 saturated carbocycles. The maximum Gasteiger partial charge on any atom is 0.123 e. The monoisotopic (exact) mass is 1280 g/mol. The number of aromatic hydroxyl groups is 3. The van der Waals surface area contributed by atoms with Crippen LogP contribution in [0.4, 0.5) is 0 Å². The second kappa shape index (κ2) is 39.0. The van der Waals surface area contributed by atoms with Crippen LogP contribution in [0.25, 0.3) is 0 Å². The highest BCUT2D eigenvalue weighted by atomic mass is 16.3. The van der Waals surface area contributed by atoms with Gasteiger partial charge in [0, 0.05) is 33.4 Å². The lowest BCUT2D eigenvalue weighted by atomic mass is 9.72. The Morgan fingerprint density at radius 2 is 0.366 bits per heavy atom. The fourth-order valence-electron chi connectivity index (χ4n) is 16.1. The van der Waals surface area contributed by atoms with E-state index in [9.17, 15) is 15.3 Å². The molecule has 0 radical (unpaired) electrons. The first kappa shape index (κ1) is 81.7. The molecule has 0 aromatic heterocycles. The summed E-state index contributed by atoms with van der Waals surface area (Å²) in [5.74, 6) is 1.56. The minimum atomic E-state index is -0.201. The van der Waals surface area contributed by atoms with Gasteiger partial charge in [-0.25, -0.2) is 0 Å². The highest BCUT2D eigenvalue weighted by molar-refractivity contribution is 5.60. The van der Waals surface area contributed by atoms with Gasteiger partial charge < -0.3 is 15.3 Å². The third-order valence-electron chi connectivity index (χ3n) is 23.2. The molecule has 4 aromatic rings. The molecule has 3 nitrogen and oxygen atoms in total. The maximum atomic E-state index is 12.8. The van der Waals surface area contributed by atoms with Crippen molar-refractivity contribution in [1.29, 1.82) is 0 Å². The summed E-state index contributed by atoms with van der Waals surface area (Å²) in [4.78, 5) is 0. The van der Waals surface area contributed by atoms with E-state index < -0.39 is 0 Å². The van der Waals surface area contributed by atoms with Crippen LogP contribution in [-0.4, -0.2) is 15.3 Å². The summed E-state index contributed by atoms with van der Waals surface area (Å²) in [6.45, 7) is 49.9. The molecule has 0 fully saturated rings. The van der Waals surface area contributed by atoms with Gasteiger partial charge in [0.1, 0.15) is 17.2 Å². The zero-order chi connectivity index (χ0) is 69.2. The lowest BCUT2D eigenvalue weighted by Gasteiger charge is -2.34. The molecule has 4 rings (SSSR count). The van der Waals surface area contributed by atoms with Gasteiger partial charge in [-0.2, -0.15) is 0 Å².